The fraction of sp³-hybridized carbons (Fsp3) is 0.941. The maximum Gasteiger partial charge on any atom is 0.220 e. The van der Waals surface area contributed by atoms with Gasteiger partial charge in [-0.3, -0.25) is 4.79 Å². The van der Waals surface area contributed by atoms with Crippen LogP contribution in [-0.4, -0.2) is 55.2 Å². The minimum absolute atomic E-state index is 0. The summed E-state index contributed by atoms with van der Waals surface area (Å²) in [4.78, 5) is 14.6. The van der Waals surface area contributed by atoms with Crippen LogP contribution in [0.15, 0.2) is 0 Å². The molecule has 2 rings (SSSR count). The summed E-state index contributed by atoms with van der Waals surface area (Å²) in [5, 5.41) is 3.21. The van der Waals surface area contributed by atoms with Crippen LogP contribution in [0.4, 0.5) is 0 Å². The summed E-state index contributed by atoms with van der Waals surface area (Å²) < 4.78 is 5.60. The second-order valence-corrected chi connectivity index (χ2v) is 7.16. The van der Waals surface area contributed by atoms with E-state index < -0.39 is 0 Å². The van der Waals surface area contributed by atoms with Crippen LogP contribution in [0.3, 0.4) is 0 Å². The first-order chi connectivity index (χ1) is 10.5. The number of nitrogens with two attached hydrogens (primary N) is 1. The van der Waals surface area contributed by atoms with Crippen molar-refractivity contribution in [1.29, 1.82) is 0 Å². The lowest BCUT2D eigenvalue weighted by Gasteiger charge is -2.32. The molecule has 1 saturated carbocycles. The Hall–Kier alpha value is -0.0700. The van der Waals surface area contributed by atoms with Crippen molar-refractivity contribution in [2.45, 2.75) is 70.6 Å². The van der Waals surface area contributed by atoms with Crippen molar-refractivity contribution in [2.24, 2.45) is 11.7 Å². The van der Waals surface area contributed by atoms with Gasteiger partial charge in [-0.05, 0) is 45.4 Å². The van der Waals surface area contributed by atoms with Gasteiger partial charge in [0.05, 0.1) is 12.7 Å². The zero-order chi connectivity index (χ0) is 15.9. The molecule has 2 fully saturated rings. The Kier molecular flexibility index (Phi) is 12.3. The number of nitrogens with zero attached hydrogens (tertiary/aromatic N) is 1. The standard InChI is InChI=1S/C17H33N3O2.2ClH/c1-13(2)22-11-10-20-8-6-15(7-9-20)19-17(21)12-14-4-3-5-16(14)18;;/h13-16H,3-12,18H2,1-2H3,(H,19,21);2*1H/t14-,16+;;/m0../s1. The molecule has 0 aromatic carbocycles. The molecule has 144 valence electrons. The van der Waals surface area contributed by atoms with Crippen LogP contribution >= 0.6 is 24.8 Å². The van der Waals surface area contributed by atoms with E-state index in [1.54, 1.807) is 0 Å². The maximum absolute atomic E-state index is 12.1. The second-order valence-electron chi connectivity index (χ2n) is 7.16. The Morgan fingerprint density at radius 2 is 1.88 bits per heavy atom. The number of ether oxygens (including phenoxy) is 1. The molecular formula is C17H35Cl2N3O2. The highest BCUT2D eigenvalue weighted by Gasteiger charge is 2.27. The highest BCUT2D eigenvalue weighted by molar-refractivity contribution is 5.85. The van der Waals surface area contributed by atoms with Crippen molar-refractivity contribution in [3.05, 3.63) is 0 Å². The van der Waals surface area contributed by atoms with E-state index in [9.17, 15) is 4.79 Å². The van der Waals surface area contributed by atoms with E-state index in [1.165, 1.54) is 6.42 Å². The fourth-order valence-electron chi connectivity index (χ4n) is 3.56. The summed E-state index contributed by atoms with van der Waals surface area (Å²) in [5.74, 6) is 0.595. The molecule has 0 aromatic heterocycles. The topological polar surface area (TPSA) is 67.6 Å². The number of piperidine rings is 1. The first-order valence-corrected chi connectivity index (χ1v) is 8.93. The molecule has 0 unspecified atom stereocenters. The Labute approximate surface area is 159 Å². The molecule has 2 aliphatic rings. The first kappa shape index (κ1) is 23.9. The van der Waals surface area contributed by atoms with E-state index in [0.717, 1.165) is 51.9 Å². The molecule has 24 heavy (non-hydrogen) atoms. The fourth-order valence-corrected chi connectivity index (χ4v) is 3.56. The Balaban J connectivity index is 0.00000264. The van der Waals surface area contributed by atoms with E-state index in [1.807, 2.05) is 0 Å². The van der Waals surface area contributed by atoms with Gasteiger partial charge in [0.25, 0.3) is 0 Å². The van der Waals surface area contributed by atoms with Crippen molar-refractivity contribution in [3.63, 3.8) is 0 Å². The molecule has 0 aromatic rings. The maximum atomic E-state index is 12.1. The number of amides is 1. The van der Waals surface area contributed by atoms with Crippen molar-refractivity contribution in [1.82, 2.24) is 10.2 Å². The van der Waals surface area contributed by atoms with Gasteiger partial charge in [0.2, 0.25) is 5.91 Å². The third kappa shape index (κ3) is 8.34. The van der Waals surface area contributed by atoms with Crippen LogP contribution in [0.5, 0.6) is 0 Å². The van der Waals surface area contributed by atoms with Crippen LogP contribution in [0.1, 0.15) is 52.4 Å². The number of likely N-dealkylation sites (tertiary alicyclic amines) is 1. The highest BCUT2D eigenvalue weighted by Crippen LogP contribution is 2.26. The second kappa shape index (κ2) is 12.3. The van der Waals surface area contributed by atoms with Gasteiger partial charge in [0.1, 0.15) is 0 Å². The van der Waals surface area contributed by atoms with E-state index in [4.69, 9.17) is 10.5 Å². The largest absolute Gasteiger partial charge is 0.377 e. The first-order valence-electron chi connectivity index (χ1n) is 8.93. The van der Waals surface area contributed by atoms with Gasteiger partial charge in [0, 0.05) is 38.1 Å². The van der Waals surface area contributed by atoms with Crippen molar-refractivity contribution < 1.29 is 9.53 Å². The number of carbonyl (C=O) groups excluding carboxylic acids is 1. The van der Waals surface area contributed by atoms with Crippen molar-refractivity contribution >= 4 is 30.7 Å². The third-order valence-corrected chi connectivity index (χ3v) is 4.98. The summed E-state index contributed by atoms with van der Waals surface area (Å²) in [6.07, 6.45) is 6.38. The number of carbonyl (C=O) groups is 1. The van der Waals surface area contributed by atoms with Gasteiger partial charge in [0.15, 0.2) is 0 Å². The third-order valence-electron chi connectivity index (χ3n) is 4.98. The molecule has 1 amide bonds. The van der Waals surface area contributed by atoms with Crippen LogP contribution in [-0.2, 0) is 9.53 Å². The van der Waals surface area contributed by atoms with Gasteiger partial charge < -0.3 is 20.7 Å². The lowest BCUT2D eigenvalue weighted by Crippen LogP contribution is -2.46. The number of nitrogens with one attached hydrogen (secondary N) is 1. The van der Waals surface area contributed by atoms with Crippen LogP contribution < -0.4 is 11.1 Å². The minimum Gasteiger partial charge on any atom is -0.377 e. The lowest BCUT2D eigenvalue weighted by molar-refractivity contribution is -0.123. The Morgan fingerprint density at radius 3 is 2.42 bits per heavy atom. The molecular weight excluding hydrogens is 349 g/mol. The quantitative estimate of drug-likeness (QED) is 0.707. The summed E-state index contributed by atoms with van der Waals surface area (Å²) in [5.41, 5.74) is 6.05. The van der Waals surface area contributed by atoms with E-state index in [2.05, 4.69) is 24.1 Å². The van der Waals surface area contributed by atoms with Gasteiger partial charge in [-0.1, -0.05) is 6.42 Å². The van der Waals surface area contributed by atoms with E-state index >= 15 is 0 Å². The Bertz CT molecular complexity index is 351. The molecule has 1 heterocycles. The molecule has 2 atom stereocenters. The summed E-state index contributed by atoms with van der Waals surface area (Å²) >= 11 is 0. The van der Waals surface area contributed by atoms with Gasteiger partial charge in [-0.2, -0.15) is 0 Å². The van der Waals surface area contributed by atoms with Crippen molar-refractivity contribution in [3.8, 4) is 0 Å². The molecule has 0 radical (unpaired) electrons. The smallest absolute Gasteiger partial charge is 0.220 e. The van der Waals surface area contributed by atoms with Gasteiger partial charge in [-0.25, -0.2) is 0 Å². The molecule has 3 N–H and O–H groups in total. The predicted octanol–water partition coefficient (Wildman–Crippen LogP) is 2.35. The zero-order valence-electron chi connectivity index (χ0n) is 15.0. The van der Waals surface area contributed by atoms with Crippen LogP contribution in [0.25, 0.3) is 0 Å². The number of halogens is 2. The molecule has 7 heteroatoms. The van der Waals surface area contributed by atoms with E-state index in [-0.39, 0.29) is 36.8 Å². The summed E-state index contributed by atoms with van der Waals surface area (Å²) in [6, 6.07) is 0.570. The zero-order valence-corrected chi connectivity index (χ0v) is 16.7. The number of rotatable bonds is 7. The van der Waals surface area contributed by atoms with Gasteiger partial charge in [-0.15, -0.1) is 24.8 Å². The predicted molar refractivity (Wildman–Crippen MR) is 103 cm³/mol. The normalized spacial score (nSPS) is 25.2. The monoisotopic (exact) mass is 383 g/mol. The molecule has 1 aliphatic heterocycles. The molecule has 1 aliphatic carbocycles. The van der Waals surface area contributed by atoms with Gasteiger partial charge >= 0.3 is 0 Å². The Morgan fingerprint density at radius 1 is 1.21 bits per heavy atom. The average Bonchev–Trinajstić information content (AvgIpc) is 2.86. The molecule has 1 saturated heterocycles. The highest BCUT2D eigenvalue weighted by atomic mass is 35.5. The number of hydrogen-bond acceptors (Lipinski definition) is 4. The molecule has 0 bridgehead atoms. The van der Waals surface area contributed by atoms with Crippen LogP contribution in [0, 0.1) is 5.92 Å². The SMILES string of the molecule is CC(C)OCCN1CCC(NC(=O)C[C@@H]2CCC[C@H]2N)CC1.Cl.Cl. The number of hydrogen-bond donors (Lipinski definition) is 2. The van der Waals surface area contributed by atoms with Crippen molar-refractivity contribution in [2.75, 3.05) is 26.2 Å². The lowest BCUT2D eigenvalue weighted by atomic mass is 9.98. The molecule has 5 nitrogen and oxygen atoms in total. The summed E-state index contributed by atoms with van der Waals surface area (Å²) in [7, 11) is 0. The minimum atomic E-state index is 0. The van der Waals surface area contributed by atoms with E-state index in [0.29, 0.717) is 24.5 Å². The summed E-state index contributed by atoms with van der Waals surface area (Å²) in [6.45, 7) is 8.03. The molecule has 0 spiro atoms. The average molecular weight is 384 g/mol. The van der Waals surface area contributed by atoms with Crippen LogP contribution in [0.2, 0.25) is 0 Å².